The van der Waals surface area contributed by atoms with Gasteiger partial charge in [-0.15, -0.1) is 0 Å². The lowest BCUT2D eigenvalue weighted by atomic mass is 9.78. The van der Waals surface area contributed by atoms with Gasteiger partial charge in [-0.3, -0.25) is 0 Å². The third-order valence-electron chi connectivity index (χ3n) is 6.32. The summed E-state index contributed by atoms with van der Waals surface area (Å²) in [5.41, 5.74) is -5.18. The molecule has 3 nitrogen and oxygen atoms in total. The SMILES string of the molecule is CCC(C)(C)[C@H](O)OC1CC2CC1CC2CC(O)(C(F)(F)F)C(F)(F)F. The Morgan fingerprint density at radius 2 is 1.50 bits per heavy atom. The van der Waals surface area contributed by atoms with Gasteiger partial charge in [0, 0.05) is 5.41 Å². The predicted octanol–water partition coefficient (Wildman–Crippen LogP) is 4.42. The lowest BCUT2D eigenvalue weighted by molar-refractivity contribution is -0.373. The van der Waals surface area contributed by atoms with Crippen molar-refractivity contribution in [2.75, 3.05) is 0 Å². The number of halogens is 6. The summed E-state index contributed by atoms with van der Waals surface area (Å²) in [6, 6.07) is 0. The zero-order chi connectivity index (χ0) is 20.1. The lowest BCUT2D eigenvalue weighted by Gasteiger charge is -2.38. The maximum atomic E-state index is 12.9. The van der Waals surface area contributed by atoms with E-state index in [1.807, 2.05) is 20.8 Å². The molecule has 2 rings (SSSR count). The Morgan fingerprint density at radius 3 is 1.88 bits per heavy atom. The van der Waals surface area contributed by atoms with Crippen molar-refractivity contribution in [1.82, 2.24) is 0 Å². The molecule has 2 aliphatic rings. The molecule has 0 aromatic rings. The van der Waals surface area contributed by atoms with E-state index in [0.717, 1.165) is 0 Å². The molecular formula is C17H26F6O3. The van der Waals surface area contributed by atoms with E-state index in [2.05, 4.69) is 0 Å². The van der Waals surface area contributed by atoms with E-state index in [1.54, 1.807) is 0 Å². The molecule has 0 amide bonds. The van der Waals surface area contributed by atoms with Gasteiger partial charge in [-0.25, -0.2) is 0 Å². The number of hydrogen-bond acceptors (Lipinski definition) is 3. The molecule has 5 atom stereocenters. The maximum absolute atomic E-state index is 12.9. The molecular weight excluding hydrogens is 366 g/mol. The minimum Gasteiger partial charge on any atom is -0.374 e. The fourth-order valence-electron chi connectivity index (χ4n) is 4.05. The van der Waals surface area contributed by atoms with Gasteiger partial charge in [0.2, 0.25) is 0 Å². The van der Waals surface area contributed by atoms with E-state index in [-0.39, 0.29) is 24.4 Å². The summed E-state index contributed by atoms with van der Waals surface area (Å²) in [5, 5.41) is 19.6. The molecule has 9 heteroatoms. The first-order chi connectivity index (χ1) is 11.6. The highest BCUT2D eigenvalue weighted by Crippen LogP contribution is 2.56. The van der Waals surface area contributed by atoms with Crippen LogP contribution < -0.4 is 0 Å². The normalized spacial score (nSPS) is 31.5. The minimum atomic E-state index is -5.77. The first-order valence-corrected chi connectivity index (χ1v) is 8.81. The van der Waals surface area contributed by atoms with Crippen LogP contribution in [0.4, 0.5) is 26.3 Å². The van der Waals surface area contributed by atoms with Gasteiger partial charge in [0.1, 0.15) is 0 Å². The van der Waals surface area contributed by atoms with Gasteiger partial charge in [-0.2, -0.15) is 26.3 Å². The topological polar surface area (TPSA) is 49.7 Å². The maximum Gasteiger partial charge on any atom is 0.426 e. The molecule has 2 fully saturated rings. The van der Waals surface area contributed by atoms with E-state index in [9.17, 15) is 36.6 Å². The first-order valence-electron chi connectivity index (χ1n) is 8.81. The Labute approximate surface area is 148 Å². The number of aliphatic hydroxyl groups is 2. The molecule has 0 aromatic carbocycles. The second-order valence-corrected chi connectivity index (χ2v) is 8.42. The number of aliphatic hydroxyl groups excluding tert-OH is 1. The summed E-state index contributed by atoms with van der Waals surface area (Å²) in [6.07, 6.45) is -12.8. The highest BCUT2D eigenvalue weighted by molar-refractivity contribution is 5.03. The quantitative estimate of drug-likeness (QED) is 0.520. The standard InChI is InChI=1S/C17H26F6O3/c1-4-14(2,3)13(24)26-12-7-9-5-10(12)6-11(9)8-15(25,16(18,19)20)17(21,22)23/h9-13,24-25H,4-8H2,1-3H3/t9?,10?,11?,12?,13-/m1/s1. The first kappa shape index (κ1) is 21.8. The van der Waals surface area contributed by atoms with Crippen molar-refractivity contribution in [3.8, 4) is 0 Å². The van der Waals surface area contributed by atoms with Crippen LogP contribution in [0.25, 0.3) is 0 Å². The molecule has 2 N–H and O–H groups in total. The van der Waals surface area contributed by atoms with Crippen molar-refractivity contribution < 1.29 is 41.3 Å². The fraction of sp³-hybridized carbons (Fsp3) is 1.00. The molecule has 0 aliphatic heterocycles. The lowest BCUT2D eigenvalue weighted by Crippen LogP contribution is -2.58. The third kappa shape index (κ3) is 3.85. The van der Waals surface area contributed by atoms with E-state index in [0.29, 0.717) is 19.3 Å². The van der Waals surface area contributed by atoms with Gasteiger partial charge in [-0.1, -0.05) is 20.8 Å². The van der Waals surface area contributed by atoms with Crippen molar-refractivity contribution in [2.24, 2.45) is 23.2 Å². The Kier molecular flexibility index (Phi) is 5.70. The molecule has 2 aliphatic carbocycles. The molecule has 0 heterocycles. The van der Waals surface area contributed by atoms with Crippen molar-refractivity contribution in [2.45, 2.75) is 83.2 Å². The van der Waals surface area contributed by atoms with Crippen molar-refractivity contribution in [1.29, 1.82) is 0 Å². The van der Waals surface area contributed by atoms with Crippen LogP contribution in [-0.4, -0.2) is 40.6 Å². The van der Waals surface area contributed by atoms with Gasteiger partial charge in [0.25, 0.3) is 5.60 Å². The van der Waals surface area contributed by atoms with Gasteiger partial charge in [0.05, 0.1) is 6.10 Å². The highest BCUT2D eigenvalue weighted by Gasteiger charge is 2.71. The molecule has 2 bridgehead atoms. The van der Waals surface area contributed by atoms with Crippen molar-refractivity contribution in [3.05, 3.63) is 0 Å². The highest BCUT2D eigenvalue weighted by atomic mass is 19.4. The van der Waals surface area contributed by atoms with Gasteiger partial charge >= 0.3 is 12.4 Å². The van der Waals surface area contributed by atoms with Gasteiger partial charge in [0.15, 0.2) is 6.29 Å². The molecule has 2 saturated carbocycles. The van der Waals surface area contributed by atoms with Crippen LogP contribution in [0.1, 0.15) is 52.9 Å². The second kappa shape index (κ2) is 6.81. The second-order valence-electron chi connectivity index (χ2n) is 8.42. The van der Waals surface area contributed by atoms with Crippen molar-refractivity contribution in [3.63, 3.8) is 0 Å². The smallest absolute Gasteiger partial charge is 0.374 e. The summed E-state index contributed by atoms with van der Waals surface area (Å²) < 4.78 is 83.0. The zero-order valence-electron chi connectivity index (χ0n) is 15.0. The Balaban J connectivity index is 2.02. The molecule has 0 saturated heterocycles. The van der Waals surface area contributed by atoms with Crippen LogP contribution in [0, 0.1) is 23.2 Å². The van der Waals surface area contributed by atoms with Gasteiger partial charge in [-0.05, 0) is 49.9 Å². The molecule has 0 aromatic heterocycles. The average Bonchev–Trinajstić information content (AvgIpc) is 3.04. The summed E-state index contributed by atoms with van der Waals surface area (Å²) in [4.78, 5) is 0. The average molecular weight is 392 g/mol. The monoisotopic (exact) mass is 392 g/mol. The number of ether oxygens (including phenoxy) is 1. The molecule has 0 radical (unpaired) electrons. The summed E-state index contributed by atoms with van der Waals surface area (Å²) in [7, 11) is 0. The van der Waals surface area contributed by atoms with E-state index in [4.69, 9.17) is 4.74 Å². The zero-order valence-corrected chi connectivity index (χ0v) is 15.0. The predicted molar refractivity (Wildman–Crippen MR) is 80.9 cm³/mol. The summed E-state index contributed by atoms with van der Waals surface area (Å²) in [5.74, 6) is -1.44. The summed E-state index contributed by atoms with van der Waals surface area (Å²) in [6.45, 7) is 5.53. The van der Waals surface area contributed by atoms with E-state index < -0.39 is 42.0 Å². The van der Waals surface area contributed by atoms with Crippen LogP contribution in [-0.2, 0) is 4.74 Å². The van der Waals surface area contributed by atoms with E-state index in [1.165, 1.54) is 0 Å². The largest absolute Gasteiger partial charge is 0.426 e. The molecule has 154 valence electrons. The Bertz CT molecular complexity index is 488. The minimum absolute atomic E-state index is 0.128. The van der Waals surface area contributed by atoms with Crippen LogP contribution in [0.3, 0.4) is 0 Å². The summed E-state index contributed by atoms with van der Waals surface area (Å²) >= 11 is 0. The Hall–Kier alpha value is -0.540. The molecule has 4 unspecified atom stereocenters. The van der Waals surface area contributed by atoms with E-state index >= 15 is 0 Å². The third-order valence-corrected chi connectivity index (χ3v) is 6.32. The molecule has 0 spiro atoms. The van der Waals surface area contributed by atoms with Crippen molar-refractivity contribution >= 4 is 0 Å². The fourth-order valence-corrected chi connectivity index (χ4v) is 4.05. The number of fused-ring (bicyclic) bond motifs is 2. The number of rotatable bonds is 6. The molecule has 26 heavy (non-hydrogen) atoms. The number of hydrogen-bond donors (Lipinski definition) is 2. The van der Waals surface area contributed by atoms with Crippen LogP contribution >= 0.6 is 0 Å². The Morgan fingerprint density at radius 1 is 0.962 bits per heavy atom. The van der Waals surface area contributed by atoms with Gasteiger partial charge < -0.3 is 14.9 Å². The van der Waals surface area contributed by atoms with Crippen LogP contribution in [0.15, 0.2) is 0 Å². The van der Waals surface area contributed by atoms with Crippen LogP contribution in [0.2, 0.25) is 0 Å². The number of alkyl halides is 6. The van der Waals surface area contributed by atoms with Crippen LogP contribution in [0.5, 0.6) is 0 Å².